The van der Waals surface area contributed by atoms with Crippen LogP contribution in [-0.2, 0) is 11.2 Å². The third-order valence-electron chi connectivity index (χ3n) is 2.41. The summed E-state index contributed by atoms with van der Waals surface area (Å²) in [4.78, 5) is 0. The molecule has 0 heterocycles. The maximum absolute atomic E-state index is 13.2. The van der Waals surface area contributed by atoms with E-state index in [0.29, 0.717) is 16.5 Å². The largest absolute Gasteiger partial charge is 0.411 e. The molecular formula is C12H14BrF4NO. The zero-order valence-corrected chi connectivity index (χ0v) is 11.6. The molecule has 0 aliphatic heterocycles. The van der Waals surface area contributed by atoms with Crippen LogP contribution in [0.15, 0.2) is 22.7 Å². The number of hydrogen-bond acceptors (Lipinski definition) is 2. The molecule has 1 unspecified atom stereocenters. The first-order chi connectivity index (χ1) is 8.79. The fourth-order valence-corrected chi connectivity index (χ4v) is 1.94. The molecule has 0 aliphatic rings. The summed E-state index contributed by atoms with van der Waals surface area (Å²) >= 11 is 3.11. The van der Waals surface area contributed by atoms with Crippen molar-refractivity contribution in [2.75, 3.05) is 13.2 Å². The van der Waals surface area contributed by atoms with Gasteiger partial charge in [-0.15, -0.1) is 0 Å². The molecule has 0 bridgehead atoms. The van der Waals surface area contributed by atoms with Crippen molar-refractivity contribution in [2.24, 2.45) is 5.73 Å². The maximum Gasteiger partial charge on any atom is 0.411 e. The van der Waals surface area contributed by atoms with Crippen molar-refractivity contribution < 1.29 is 22.3 Å². The topological polar surface area (TPSA) is 35.2 Å². The van der Waals surface area contributed by atoms with Crippen LogP contribution in [0.4, 0.5) is 17.6 Å². The van der Waals surface area contributed by atoms with Gasteiger partial charge >= 0.3 is 6.18 Å². The van der Waals surface area contributed by atoms with Crippen LogP contribution in [-0.4, -0.2) is 25.4 Å². The molecule has 2 N–H and O–H groups in total. The number of alkyl halides is 3. The predicted molar refractivity (Wildman–Crippen MR) is 67.3 cm³/mol. The van der Waals surface area contributed by atoms with Gasteiger partial charge in [0.1, 0.15) is 12.4 Å². The van der Waals surface area contributed by atoms with Crippen molar-refractivity contribution >= 4 is 15.9 Å². The third kappa shape index (κ3) is 6.35. The van der Waals surface area contributed by atoms with E-state index in [2.05, 4.69) is 20.7 Å². The smallest absolute Gasteiger partial charge is 0.372 e. The molecule has 0 saturated carbocycles. The summed E-state index contributed by atoms with van der Waals surface area (Å²) in [6, 6.07) is 4.20. The lowest BCUT2D eigenvalue weighted by Crippen LogP contribution is -2.26. The lowest BCUT2D eigenvalue weighted by atomic mass is 10.0. The van der Waals surface area contributed by atoms with Gasteiger partial charge in [-0.2, -0.15) is 13.2 Å². The molecule has 7 heteroatoms. The minimum atomic E-state index is -4.32. The van der Waals surface area contributed by atoms with E-state index in [0.717, 1.165) is 0 Å². The summed E-state index contributed by atoms with van der Waals surface area (Å²) in [5, 5.41) is 0. The van der Waals surface area contributed by atoms with Crippen molar-refractivity contribution in [1.29, 1.82) is 0 Å². The maximum atomic E-state index is 13.2. The van der Waals surface area contributed by atoms with Crippen molar-refractivity contribution in [1.82, 2.24) is 0 Å². The second-order valence-electron chi connectivity index (χ2n) is 4.13. The Bertz CT molecular complexity index is 411. The van der Waals surface area contributed by atoms with Crippen LogP contribution in [0.2, 0.25) is 0 Å². The van der Waals surface area contributed by atoms with Crippen molar-refractivity contribution in [3.8, 4) is 0 Å². The Balaban J connectivity index is 2.35. The van der Waals surface area contributed by atoms with Crippen LogP contribution in [0, 0.1) is 5.82 Å². The van der Waals surface area contributed by atoms with Gasteiger partial charge in [0, 0.05) is 12.6 Å². The molecule has 0 aromatic heterocycles. The van der Waals surface area contributed by atoms with Crippen LogP contribution in [0.25, 0.3) is 0 Å². The quantitative estimate of drug-likeness (QED) is 0.634. The average molecular weight is 344 g/mol. The predicted octanol–water partition coefficient (Wildman–Crippen LogP) is 3.43. The second-order valence-corrected chi connectivity index (χ2v) is 4.93. The van der Waals surface area contributed by atoms with Crippen LogP contribution >= 0.6 is 15.9 Å². The lowest BCUT2D eigenvalue weighted by Gasteiger charge is -2.14. The van der Waals surface area contributed by atoms with E-state index < -0.39 is 18.6 Å². The van der Waals surface area contributed by atoms with Gasteiger partial charge in [0.15, 0.2) is 0 Å². The minimum Gasteiger partial charge on any atom is -0.372 e. The Morgan fingerprint density at radius 2 is 2.00 bits per heavy atom. The molecule has 1 rings (SSSR count). The highest BCUT2D eigenvalue weighted by molar-refractivity contribution is 9.10. The van der Waals surface area contributed by atoms with Gasteiger partial charge in [-0.3, -0.25) is 0 Å². The van der Waals surface area contributed by atoms with E-state index in [1.54, 1.807) is 12.1 Å². The molecule has 108 valence electrons. The highest BCUT2D eigenvalue weighted by Crippen LogP contribution is 2.22. The molecule has 1 aromatic carbocycles. The number of benzene rings is 1. The Morgan fingerprint density at radius 3 is 2.63 bits per heavy atom. The molecule has 0 radical (unpaired) electrons. The van der Waals surface area contributed by atoms with Crippen molar-refractivity contribution in [2.45, 2.75) is 25.1 Å². The number of nitrogens with two attached hydrogens (primary N) is 1. The molecule has 1 aromatic rings. The number of halogens is 5. The summed E-state index contributed by atoms with van der Waals surface area (Å²) in [5.41, 5.74) is 6.45. The van der Waals surface area contributed by atoms with Gasteiger partial charge < -0.3 is 10.5 Å². The standard InChI is InChI=1S/C12H14BrF4NO/c13-11-8(2-1-3-10(11)14)6-9(18)4-5-19-7-12(15,16)17/h1-3,9H,4-7,18H2. The van der Waals surface area contributed by atoms with Gasteiger partial charge in [0.05, 0.1) is 4.47 Å². The van der Waals surface area contributed by atoms with Gasteiger partial charge in [-0.25, -0.2) is 4.39 Å². The molecule has 1 atom stereocenters. The molecule has 0 aliphatic carbocycles. The normalized spacial score (nSPS) is 13.6. The Morgan fingerprint density at radius 1 is 1.32 bits per heavy atom. The first-order valence-corrected chi connectivity index (χ1v) is 6.42. The van der Waals surface area contributed by atoms with Gasteiger partial charge in [-0.1, -0.05) is 12.1 Å². The van der Waals surface area contributed by atoms with E-state index in [-0.39, 0.29) is 19.1 Å². The highest BCUT2D eigenvalue weighted by atomic mass is 79.9. The van der Waals surface area contributed by atoms with Crippen LogP contribution in [0.3, 0.4) is 0 Å². The molecular weight excluding hydrogens is 330 g/mol. The molecule has 19 heavy (non-hydrogen) atoms. The first-order valence-electron chi connectivity index (χ1n) is 5.62. The summed E-state index contributed by atoms with van der Waals surface area (Å²) in [7, 11) is 0. The zero-order chi connectivity index (χ0) is 14.5. The molecule has 2 nitrogen and oxygen atoms in total. The molecule has 0 fully saturated rings. The number of rotatable bonds is 6. The average Bonchev–Trinajstić information content (AvgIpc) is 2.29. The SMILES string of the molecule is NC(CCOCC(F)(F)F)Cc1cccc(F)c1Br. The molecule has 0 saturated heterocycles. The van der Waals surface area contributed by atoms with Gasteiger partial charge in [0.25, 0.3) is 0 Å². The fraction of sp³-hybridized carbons (Fsp3) is 0.500. The third-order valence-corrected chi connectivity index (χ3v) is 3.30. The Labute approximate surface area is 117 Å². The van der Waals surface area contributed by atoms with E-state index in [4.69, 9.17) is 5.73 Å². The molecule has 0 amide bonds. The Kier molecular flexibility index (Phi) is 6.22. The van der Waals surface area contributed by atoms with E-state index in [1.807, 2.05) is 0 Å². The highest BCUT2D eigenvalue weighted by Gasteiger charge is 2.27. The van der Waals surface area contributed by atoms with Crippen LogP contribution in [0.5, 0.6) is 0 Å². The van der Waals surface area contributed by atoms with E-state index >= 15 is 0 Å². The van der Waals surface area contributed by atoms with Crippen LogP contribution in [0.1, 0.15) is 12.0 Å². The first kappa shape index (κ1) is 16.4. The summed E-state index contributed by atoms with van der Waals surface area (Å²) in [6.07, 6.45) is -3.68. The van der Waals surface area contributed by atoms with E-state index in [1.165, 1.54) is 6.07 Å². The summed E-state index contributed by atoms with van der Waals surface area (Å²) in [6.45, 7) is -1.35. The number of ether oxygens (including phenoxy) is 1. The monoisotopic (exact) mass is 343 g/mol. The molecule has 0 spiro atoms. The zero-order valence-electron chi connectivity index (χ0n) is 10.0. The van der Waals surface area contributed by atoms with Gasteiger partial charge in [0.2, 0.25) is 0 Å². The number of hydrogen-bond donors (Lipinski definition) is 1. The van der Waals surface area contributed by atoms with Crippen molar-refractivity contribution in [3.05, 3.63) is 34.1 Å². The van der Waals surface area contributed by atoms with E-state index in [9.17, 15) is 17.6 Å². The van der Waals surface area contributed by atoms with Crippen molar-refractivity contribution in [3.63, 3.8) is 0 Å². The summed E-state index contributed by atoms with van der Waals surface area (Å²) in [5.74, 6) is -0.391. The summed E-state index contributed by atoms with van der Waals surface area (Å²) < 4.78 is 53.5. The van der Waals surface area contributed by atoms with Crippen LogP contribution < -0.4 is 5.73 Å². The fourth-order valence-electron chi connectivity index (χ4n) is 1.51. The van der Waals surface area contributed by atoms with Gasteiger partial charge in [-0.05, 0) is 40.4 Å². The Hall–Kier alpha value is -0.660. The minimum absolute atomic E-state index is 0.0758. The second kappa shape index (κ2) is 7.21. The lowest BCUT2D eigenvalue weighted by molar-refractivity contribution is -0.174.